The molecule has 0 aliphatic carbocycles. The van der Waals surface area contributed by atoms with Gasteiger partial charge in [0.2, 0.25) is 0 Å². The number of hydrogen-bond acceptors (Lipinski definition) is 6. The maximum atomic E-state index is 14.6. The molecule has 0 unspecified atom stereocenters. The van der Waals surface area contributed by atoms with E-state index in [9.17, 15) is 18.5 Å². The van der Waals surface area contributed by atoms with E-state index in [2.05, 4.69) is 17.4 Å². The van der Waals surface area contributed by atoms with Gasteiger partial charge >= 0.3 is 5.97 Å². The van der Waals surface area contributed by atoms with Crippen molar-refractivity contribution in [3.05, 3.63) is 82.7 Å². The molecule has 40 heavy (non-hydrogen) atoms. The number of carbonyl (C=O) groups is 1. The van der Waals surface area contributed by atoms with Crippen molar-refractivity contribution < 1.29 is 28.0 Å². The van der Waals surface area contributed by atoms with Crippen molar-refractivity contribution in [2.75, 3.05) is 30.0 Å². The molecule has 0 radical (unpaired) electrons. The van der Waals surface area contributed by atoms with Crippen LogP contribution in [-0.2, 0) is 33.3 Å². The summed E-state index contributed by atoms with van der Waals surface area (Å²) in [6.45, 7) is 6.88. The summed E-state index contributed by atoms with van der Waals surface area (Å²) in [5.74, 6) is 1.07. The second-order valence-corrected chi connectivity index (χ2v) is 12.2. The highest BCUT2D eigenvalue weighted by molar-refractivity contribution is 7.85. The molecule has 1 saturated heterocycles. The molecule has 0 bridgehead atoms. The van der Waals surface area contributed by atoms with Gasteiger partial charge in [0.1, 0.15) is 23.8 Å². The van der Waals surface area contributed by atoms with Gasteiger partial charge in [-0.15, -0.1) is 0 Å². The van der Waals surface area contributed by atoms with Crippen LogP contribution in [0.15, 0.2) is 54.6 Å². The monoisotopic (exact) mass is 567 g/mol. The largest absolute Gasteiger partial charge is 0.491 e. The Kier molecular flexibility index (Phi) is 9.98. The average Bonchev–Trinajstić information content (AvgIpc) is 2.92. The van der Waals surface area contributed by atoms with Gasteiger partial charge in [0.05, 0.1) is 6.61 Å². The van der Waals surface area contributed by atoms with Crippen LogP contribution in [0.5, 0.6) is 5.75 Å². The lowest BCUT2D eigenvalue weighted by Crippen LogP contribution is -2.42. The van der Waals surface area contributed by atoms with Gasteiger partial charge in [0.25, 0.3) is 0 Å². The van der Waals surface area contributed by atoms with Crippen LogP contribution in [0, 0.1) is 19.7 Å². The maximum absolute atomic E-state index is 14.6. The summed E-state index contributed by atoms with van der Waals surface area (Å²) in [6, 6.07) is 17.2. The Morgan fingerprint density at radius 2 is 1.80 bits per heavy atom. The van der Waals surface area contributed by atoms with Crippen LogP contribution in [0.1, 0.15) is 48.4 Å². The van der Waals surface area contributed by atoms with Gasteiger partial charge < -0.3 is 19.9 Å². The summed E-state index contributed by atoms with van der Waals surface area (Å²) in [4.78, 5) is 11.6. The number of halogens is 1. The molecule has 0 spiro atoms. The third-order valence-corrected chi connectivity index (χ3v) is 8.59. The first-order valence-electron chi connectivity index (χ1n) is 13.7. The summed E-state index contributed by atoms with van der Waals surface area (Å²) in [7, 11) is -0.837. The van der Waals surface area contributed by atoms with Gasteiger partial charge in [-0.3, -0.25) is 9.00 Å². The highest BCUT2D eigenvalue weighted by atomic mass is 32.2. The van der Waals surface area contributed by atoms with Crippen LogP contribution in [-0.4, -0.2) is 45.6 Å². The van der Waals surface area contributed by atoms with E-state index in [1.165, 1.54) is 6.07 Å². The van der Waals surface area contributed by atoms with E-state index in [0.29, 0.717) is 60.9 Å². The molecule has 1 heterocycles. The summed E-state index contributed by atoms with van der Waals surface area (Å²) in [5, 5.41) is 14.1. The van der Waals surface area contributed by atoms with Gasteiger partial charge in [-0.05, 0) is 104 Å². The third-order valence-electron chi connectivity index (χ3n) is 7.27. The Morgan fingerprint density at radius 3 is 2.48 bits per heavy atom. The minimum absolute atomic E-state index is 0.154. The number of aryl methyl sites for hydroxylation is 3. The van der Waals surface area contributed by atoms with Crippen molar-refractivity contribution in [3.8, 4) is 16.9 Å². The molecule has 3 aromatic rings. The Bertz CT molecular complexity index is 1340. The molecule has 0 saturated carbocycles. The number of carbonyl (C=O) groups excluding carboxylic acids is 1. The SMILES string of the molecule is CCOC(=O)CCc1ccc(NCc2cccc(-c3c(C)cc(OCC4(O)CCS(=O)CC4)cc3C)c2)cc1F. The number of anilines is 1. The number of hydrogen-bond donors (Lipinski definition) is 2. The van der Waals surface area contributed by atoms with Crippen LogP contribution in [0.3, 0.4) is 0 Å². The lowest BCUT2D eigenvalue weighted by Gasteiger charge is -2.31. The number of ether oxygens (including phenoxy) is 2. The van der Waals surface area contributed by atoms with Gasteiger partial charge in [0.15, 0.2) is 0 Å². The zero-order chi connectivity index (χ0) is 28.7. The van der Waals surface area contributed by atoms with Crippen LogP contribution < -0.4 is 10.1 Å². The zero-order valence-electron chi connectivity index (χ0n) is 23.4. The smallest absolute Gasteiger partial charge is 0.306 e. The molecule has 0 aromatic heterocycles. The first-order chi connectivity index (χ1) is 19.2. The molecule has 0 amide bonds. The summed E-state index contributed by atoms with van der Waals surface area (Å²) in [5.41, 5.74) is 5.62. The van der Waals surface area contributed by atoms with E-state index in [4.69, 9.17) is 9.47 Å². The summed E-state index contributed by atoms with van der Waals surface area (Å²) in [6.07, 6.45) is 1.44. The lowest BCUT2D eigenvalue weighted by atomic mass is 9.94. The third kappa shape index (κ3) is 7.92. The second-order valence-electron chi connectivity index (χ2n) is 10.5. The van der Waals surface area contributed by atoms with Crippen molar-refractivity contribution in [1.82, 2.24) is 0 Å². The van der Waals surface area contributed by atoms with Crippen molar-refractivity contribution in [1.29, 1.82) is 0 Å². The molecule has 2 N–H and O–H groups in total. The standard InChI is InChI=1S/C32H38FNO5S/c1-4-38-30(35)11-9-25-8-10-27(19-29(25)33)34-20-24-6-5-7-26(18-24)31-22(2)16-28(17-23(31)3)39-21-32(36)12-14-40(37)15-13-32/h5-8,10,16-19,34,36H,4,9,11-15,20-21H2,1-3H3. The van der Waals surface area contributed by atoms with Crippen LogP contribution in [0.2, 0.25) is 0 Å². The van der Waals surface area contributed by atoms with Crippen molar-refractivity contribution >= 4 is 22.5 Å². The Hall–Kier alpha value is -3.23. The van der Waals surface area contributed by atoms with Gasteiger partial charge in [-0.1, -0.05) is 24.3 Å². The minimum Gasteiger partial charge on any atom is -0.491 e. The predicted octanol–water partition coefficient (Wildman–Crippen LogP) is 5.87. The van der Waals surface area contributed by atoms with E-state index in [1.54, 1.807) is 13.0 Å². The molecule has 1 aliphatic heterocycles. The molecule has 1 aliphatic rings. The molecule has 8 heteroatoms. The van der Waals surface area contributed by atoms with Gasteiger partial charge in [-0.2, -0.15) is 0 Å². The van der Waals surface area contributed by atoms with E-state index < -0.39 is 16.4 Å². The fourth-order valence-corrected chi connectivity index (χ4v) is 6.45. The number of rotatable bonds is 11. The number of nitrogens with one attached hydrogen (secondary N) is 1. The molecular weight excluding hydrogens is 529 g/mol. The molecular formula is C32H38FNO5S. The Morgan fingerprint density at radius 1 is 1.07 bits per heavy atom. The predicted molar refractivity (Wildman–Crippen MR) is 158 cm³/mol. The number of benzene rings is 3. The summed E-state index contributed by atoms with van der Waals surface area (Å²) < 4.78 is 37.1. The highest BCUT2D eigenvalue weighted by Gasteiger charge is 2.33. The first kappa shape index (κ1) is 29.7. The Balaban J connectivity index is 1.39. The summed E-state index contributed by atoms with van der Waals surface area (Å²) >= 11 is 0. The first-order valence-corrected chi connectivity index (χ1v) is 15.2. The molecule has 3 aromatic carbocycles. The van der Waals surface area contributed by atoms with E-state index in [0.717, 1.165) is 27.8 Å². The van der Waals surface area contributed by atoms with Crippen LogP contribution in [0.25, 0.3) is 11.1 Å². The van der Waals surface area contributed by atoms with Crippen LogP contribution >= 0.6 is 0 Å². The quantitative estimate of drug-likeness (QED) is 0.282. The van der Waals surface area contributed by atoms with E-state index >= 15 is 0 Å². The van der Waals surface area contributed by atoms with E-state index in [-0.39, 0.29) is 24.8 Å². The molecule has 4 rings (SSSR count). The fourth-order valence-electron chi connectivity index (χ4n) is 5.03. The average molecular weight is 568 g/mol. The molecule has 6 nitrogen and oxygen atoms in total. The lowest BCUT2D eigenvalue weighted by molar-refractivity contribution is -0.143. The highest BCUT2D eigenvalue weighted by Crippen LogP contribution is 2.33. The fraction of sp³-hybridized carbons (Fsp3) is 0.406. The topological polar surface area (TPSA) is 84.9 Å². The number of aliphatic hydroxyl groups is 1. The normalized spacial score (nSPS) is 18.8. The molecule has 1 fully saturated rings. The number of esters is 1. The van der Waals surface area contributed by atoms with Crippen molar-refractivity contribution in [2.24, 2.45) is 0 Å². The van der Waals surface area contributed by atoms with Crippen molar-refractivity contribution in [3.63, 3.8) is 0 Å². The van der Waals surface area contributed by atoms with Crippen molar-refractivity contribution in [2.45, 2.75) is 58.6 Å². The maximum Gasteiger partial charge on any atom is 0.306 e. The minimum atomic E-state index is -0.929. The van der Waals surface area contributed by atoms with Gasteiger partial charge in [-0.25, -0.2) is 4.39 Å². The molecule has 0 atom stereocenters. The van der Waals surface area contributed by atoms with E-state index in [1.807, 2.05) is 44.2 Å². The zero-order valence-corrected chi connectivity index (χ0v) is 24.2. The molecule has 214 valence electrons. The van der Waals surface area contributed by atoms with Gasteiger partial charge in [0, 0.05) is 41.0 Å². The van der Waals surface area contributed by atoms with Crippen LogP contribution in [0.4, 0.5) is 10.1 Å². The second kappa shape index (κ2) is 13.4. The Labute approximate surface area is 238 Å².